The second-order valence-corrected chi connectivity index (χ2v) is 3.74. The van der Waals surface area contributed by atoms with Gasteiger partial charge >= 0.3 is 0 Å². The van der Waals surface area contributed by atoms with Gasteiger partial charge in [0.25, 0.3) is 0 Å². The van der Waals surface area contributed by atoms with E-state index in [-0.39, 0.29) is 10.6 Å². The van der Waals surface area contributed by atoms with Gasteiger partial charge in [0, 0.05) is 23.5 Å². The average Bonchev–Trinajstić information content (AvgIpc) is 2.75. The number of aromatic nitrogens is 1. The fraction of sp³-hybridized carbons (Fsp3) is 0.0909. The highest BCUT2D eigenvalue weighted by Gasteiger charge is 2.17. The first kappa shape index (κ1) is 11.1. The fourth-order valence-corrected chi connectivity index (χ4v) is 1.58. The smallest absolute Gasteiger partial charge is 0.142 e. The van der Waals surface area contributed by atoms with Gasteiger partial charge in [-0.3, -0.25) is 0 Å². The van der Waals surface area contributed by atoms with Crippen LogP contribution >= 0.6 is 11.6 Å². The maximum absolute atomic E-state index is 13.5. The number of H-pyrrole nitrogens is 1. The third kappa shape index (κ3) is 1.94. The van der Waals surface area contributed by atoms with Gasteiger partial charge in [-0.2, -0.15) is 0 Å². The lowest BCUT2D eigenvalue weighted by atomic mass is 10.0. The van der Waals surface area contributed by atoms with E-state index in [1.54, 1.807) is 12.3 Å². The van der Waals surface area contributed by atoms with Crippen LogP contribution in [0.4, 0.5) is 8.78 Å². The predicted molar refractivity (Wildman–Crippen MR) is 56.2 cm³/mol. The van der Waals surface area contributed by atoms with E-state index < -0.39 is 17.7 Å². The Balaban J connectivity index is 2.44. The number of aliphatic hydroxyl groups is 1. The lowest BCUT2D eigenvalue weighted by molar-refractivity contribution is 0.214. The Hall–Kier alpha value is -1.39. The van der Waals surface area contributed by atoms with Crippen LogP contribution < -0.4 is 0 Å². The Morgan fingerprint density at radius 3 is 2.62 bits per heavy atom. The molecular weight excluding hydrogens is 236 g/mol. The number of halogens is 3. The largest absolute Gasteiger partial charge is 0.383 e. The van der Waals surface area contributed by atoms with Crippen LogP contribution in [0, 0.1) is 11.6 Å². The molecule has 5 heteroatoms. The van der Waals surface area contributed by atoms with E-state index in [1.807, 2.05) is 0 Å². The zero-order valence-electron chi connectivity index (χ0n) is 8.05. The first-order valence-corrected chi connectivity index (χ1v) is 4.92. The van der Waals surface area contributed by atoms with Crippen molar-refractivity contribution in [3.8, 4) is 0 Å². The molecule has 2 N–H and O–H groups in total. The quantitative estimate of drug-likeness (QED) is 0.782. The van der Waals surface area contributed by atoms with Crippen molar-refractivity contribution in [2.24, 2.45) is 0 Å². The molecule has 0 aliphatic rings. The van der Waals surface area contributed by atoms with Crippen molar-refractivity contribution < 1.29 is 13.9 Å². The van der Waals surface area contributed by atoms with E-state index >= 15 is 0 Å². The Kier molecular flexibility index (Phi) is 2.94. The normalized spacial score (nSPS) is 12.8. The molecule has 2 nitrogen and oxygen atoms in total. The van der Waals surface area contributed by atoms with Crippen LogP contribution in [0.15, 0.2) is 30.6 Å². The molecule has 1 atom stereocenters. The number of hydrogen-bond donors (Lipinski definition) is 2. The summed E-state index contributed by atoms with van der Waals surface area (Å²) in [7, 11) is 0. The van der Waals surface area contributed by atoms with Gasteiger partial charge in [-0.25, -0.2) is 8.78 Å². The molecule has 0 saturated carbocycles. The second kappa shape index (κ2) is 4.23. The van der Waals surface area contributed by atoms with Crippen LogP contribution in [0.25, 0.3) is 0 Å². The van der Waals surface area contributed by atoms with Crippen molar-refractivity contribution in [2.75, 3.05) is 0 Å². The molecule has 0 saturated heterocycles. The maximum Gasteiger partial charge on any atom is 0.142 e. The molecule has 0 bridgehead atoms. The van der Waals surface area contributed by atoms with Gasteiger partial charge in [-0.1, -0.05) is 11.6 Å². The van der Waals surface area contributed by atoms with E-state index in [9.17, 15) is 13.9 Å². The first-order chi connectivity index (χ1) is 7.59. The van der Waals surface area contributed by atoms with E-state index in [2.05, 4.69) is 4.98 Å². The Morgan fingerprint density at radius 2 is 2.00 bits per heavy atom. The SMILES string of the molecule is OC(c1cc[nH]c1)c1cc(F)c(Cl)cc1F. The highest BCUT2D eigenvalue weighted by Crippen LogP contribution is 2.27. The van der Waals surface area contributed by atoms with E-state index in [4.69, 9.17) is 11.6 Å². The van der Waals surface area contributed by atoms with Crippen molar-refractivity contribution in [1.82, 2.24) is 4.98 Å². The zero-order chi connectivity index (χ0) is 11.7. The third-order valence-corrected chi connectivity index (χ3v) is 2.56. The van der Waals surface area contributed by atoms with Crippen molar-refractivity contribution in [3.05, 3.63) is 58.4 Å². The molecule has 1 unspecified atom stereocenters. The highest BCUT2D eigenvalue weighted by molar-refractivity contribution is 6.30. The average molecular weight is 244 g/mol. The molecule has 0 aliphatic heterocycles. The topological polar surface area (TPSA) is 36.0 Å². The van der Waals surface area contributed by atoms with Crippen LogP contribution in [0.5, 0.6) is 0 Å². The summed E-state index contributed by atoms with van der Waals surface area (Å²) in [6, 6.07) is 3.33. The Morgan fingerprint density at radius 1 is 1.25 bits per heavy atom. The van der Waals surface area contributed by atoms with E-state index in [0.717, 1.165) is 12.1 Å². The van der Waals surface area contributed by atoms with Crippen LogP contribution in [0.3, 0.4) is 0 Å². The van der Waals surface area contributed by atoms with Crippen molar-refractivity contribution in [1.29, 1.82) is 0 Å². The van der Waals surface area contributed by atoms with Crippen LogP contribution in [0.2, 0.25) is 5.02 Å². The van der Waals surface area contributed by atoms with Crippen LogP contribution in [-0.2, 0) is 0 Å². The summed E-state index contributed by atoms with van der Waals surface area (Å²) >= 11 is 5.41. The van der Waals surface area contributed by atoms with E-state index in [0.29, 0.717) is 5.56 Å². The minimum atomic E-state index is -1.21. The Bertz CT molecular complexity index is 499. The molecule has 1 heterocycles. The number of rotatable bonds is 2. The summed E-state index contributed by atoms with van der Waals surface area (Å²) < 4.78 is 26.6. The minimum absolute atomic E-state index is 0.137. The summed E-state index contributed by atoms with van der Waals surface area (Å²) in [5.74, 6) is -1.49. The van der Waals surface area contributed by atoms with E-state index in [1.165, 1.54) is 6.20 Å². The lowest BCUT2D eigenvalue weighted by Crippen LogP contribution is -2.02. The summed E-state index contributed by atoms with van der Waals surface area (Å²) in [5.41, 5.74) is 0.321. The van der Waals surface area contributed by atoms with Gasteiger partial charge in [0.05, 0.1) is 5.02 Å². The van der Waals surface area contributed by atoms with Crippen molar-refractivity contribution in [2.45, 2.75) is 6.10 Å². The molecule has 16 heavy (non-hydrogen) atoms. The lowest BCUT2D eigenvalue weighted by Gasteiger charge is -2.11. The van der Waals surface area contributed by atoms with Crippen LogP contribution in [-0.4, -0.2) is 10.1 Å². The maximum atomic E-state index is 13.5. The number of aliphatic hydroxyl groups excluding tert-OH is 1. The molecular formula is C11H8ClF2NO. The zero-order valence-corrected chi connectivity index (χ0v) is 8.80. The highest BCUT2D eigenvalue weighted by atomic mass is 35.5. The standard InChI is InChI=1S/C11H8ClF2NO/c12-8-4-9(13)7(3-10(8)14)11(16)6-1-2-15-5-6/h1-5,11,15-16H. The fourth-order valence-electron chi connectivity index (χ4n) is 1.43. The van der Waals surface area contributed by atoms with Gasteiger partial charge in [0.2, 0.25) is 0 Å². The summed E-state index contributed by atoms with van der Waals surface area (Å²) in [5, 5.41) is 9.50. The number of hydrogen-bond acceptors (Lipinski definition) is 1. The number of nitrogens with one attached hydrogen (secondary N) is 1. The molecule has 2 rings (SSSR count). The Labute approximate surface area is 95.5 Å². The molecule has 0 aliphatic carbocycles. The van der Waals surface area contributed by atoms with Gasteiger partial charge in [0.15, 0.2) is 0 Å². The van der Waals surface area contributed by atoms with Gasteiger partial charge in [-0.15, -0.1) is 0 Å². The van der Waals surface area contributed by atoms with Gasteiger partial charge in [0.1, 0.15) is 17.7 Å². The molecule has 0 radical (unpaired) electrons. The van der Waals surface area contributed by atoms with Crippen LogP contribution in [0.1, 0.15) is 17.2 Å². The second-order valence-electron chi connectivity index (χ2n) is 3.33. The number of aromatic amines is 1. The monoisotopic (exact) mass is 243 g/mol. The van der Waals surface area contributed by atoms with Crippen molar-refractivity contribution in [3.63, 3.8) is 0 Å². The van der Waals surface area contributed by atoms with Gasteiger partial charge < -0.3 is 10.1 Å². The summed E-state index contributed by atoms with van der Waals surface area (Å²) in [4.78, 5) is 2.72. The first-order valence-electron chi connectivity index (χ1n) is 4.55. The molecule has 0 spiro atoms. The number of benzene rings is 1. The minimum Gasteiger partial charge on any atom is -0.383 e. The third-order valence-electron chi connectivity index (χ3n) is 2.27. The summed E-state index contributed by atoms with van der Waals surface area (Å²) in [6.45, 7) is 0. The molecule has 84 valence electrons. The predicted octanol–water partition coefficient (Wildman–Crippen LogP) is 3.03. The molecule has 0 fully saturated rings. The molecule has 0 amide bonds. The molecule has 1 aromatic carbocycles. The van der Waals surface area contributed by atoms with Gasteiger partial charge in [-0.05, 0) is 18.2 Å². The van der Waals surface area contributed by atoms with Crippen molar-refractivity contribution >= 4 is 11.6 Å². The molecule has 1 aromatic heterocycles. The molecule has 2 aromatic rings. The summed E-state index contributed by atoms with van der Waals surface area (Å²) in [6.07, 6.45) is 1.89.